The number of aromatic nitrogens is 1. The number of hydrogen-bond acceptors (Lipinski definition) is 3. The molecule has 1 amide bonds. The minimum Gasteiger partial charge on any atom is -0.393 e. The van der Waals surface area contributed by atoms with E-state index in [2.05, 4.69) is 10.3 Å². The van der Waals surface area contributed by atoms with Gasteiger partial charge in [0.15, 0.2) is 0 Å². The van der Waals surface area contributed by atoms with Crippen LogP contribution in [0.5, 0.6) is 0 Å². The van der Waals surface area contributed by atoms with Crippen molar-refractivity contribution in [3.05, 3.63) is 29.6 Å². The standard InChI is InChI=1S/C15H22N2O2/c1-11-5-6-13(9-16-11)8-15(19)17-10-12-3-2-4-14(18)7-12/h5-6,9,12,14,18H,2-4,7-8,10H2,1H3,(H,17,19). The zero-order valence-electron chi connectivity index (χ0n) is 11.4. The number of aliphatic hydroxyl groups is 1. The van der Waals surface area contributed by atoms with Crippen LogP contribution >= 0.6 is 0 Å². The number of aryl methyl sites for hydroxylation is 1. The van der Waals surface area contributed by atoms with E-state index in [9.17, 15) is 9.90 Å². The molecule has 104 valence electrons. The second kappa shape index (κ2) is 6.66. The number of nitrogens with zero attached hydrogens (tertiary/aromatic N) is 1. The summed E-state index contributed by atoms with van der Waals surface area (Å²) in [5.41, 5.74) is 1.90. The van der Waals surface area contributed by atoms with Crippen LogP contribution in [0, 0.1) is 12.8 Å². The van der Waals surface area contributed by atoms with Gasteiger partial charge < -0.3 is 10.4 Å². The number of amides is 1. The van der Waals surface area contributed by atoms with Crippen LogP contribution in [0.4, 0.5) is 0 Å². The number of pyridine rings is 1. The van der Waals surface area contributed by atoms with Crippen LogP contribution in [0.3, 0.4) is 0 Å². The molecule has 1 heterocycles. The number of carbonyl (C=O) groups excluding carboxylic acids is 1. The van der Waals surface area contributed by atoms with Gasteiger partial charge in [-0.05, 0) is 43.7 Å². The summed E-state index contributed by atoms with van der Waals surface area (Å²) in [4.78, 5) is 16.0. The fourth-order valence-corrected chi connectivity index (χ4v) is 2.56. The zero-order chi connectivity index (χ0) is 13.7. The Morgan fingerprint density at radius 3 is 3.00 bits per heavy atom. The molecule has 2 unspecified atom stereocenters. The Balaban J connectivity index is 1.73. The Hall–Kier alpha value is -1.42. The Morgan fingerprint density at radius 1 is 1.47 bits per heavy atom. The molecular weight excluding hydrogens is 240 g/mol. The van der Waals surface area contributed by atoms with Gasteiger partial charge in [-0.2, -0.15) is 0 Å². The molecule has 0 aliphatic heterocycles. The predicted molar refractivity (Wildman–Crippen MR) is 73.7 cm³/mol. The van der Waals surface area contributed by atoms with Crippen LogP contribution in [-0.4, -0.2) is 28.6 Å². The number of rotatable bonds is 4. The second-order valence-corrected chi connectivity index (χ2v) is 5.48. The maximum atomic E-state index is 11.8. The maximum Gasteiger partial charge on any atom is 0.224 e. The highest BCUT2D eigenvalue weighted by molar-refractivity contribution is 5.78. The van der Waals surface area contributed by atoms with Crippen molar-refractivity contribution < 1.29 is 9.90 Å². The molecule has 0 spiro atoms. The van der Waals surface area contributed by atoms with Crippen molar-refractivity contribution in [3.8, 4) is 0 Å². The van der Waals surface area contributed by atoms with Gasteiger partial charge in [0.25, 0.3) is 0 Å². The average molecular weight is 262 g/mol. The molecule has 1 aliphatic rings. The number of carbonyl (C=O) groups is 1. The van der Waals surface area contributed by atoms with Crippen molar-refractivity contribution >= 4 is 5.91 Å². The van der Waals surface area contributed by atoms with Gasteiger partial charge in [-0.3, -0.25) is 9.78 Å². The Kier molecular flexibility index (Phi) is 4.91. The Labute approximate surface area is 114 Å². The number of aliphatic hydroxyl groups excluding tert-OH is 1. The van der Waals surface area contributed by atoms with E-state index in [1.165, 1.54) is 0 Å². The van der Waals surface area contributed by atoms with Crippen molar-refractivity contribution in [1.29, 1.82) is 0 Å². The van der Waals surface area contributed by atoms with Crippen molar-refractivity contribution in [3.63, 3.8) is 0 Å². The monoisotopic (exact) mass is 262 g/mol. The van der Waals surface area contributed by atoms with Gasteiger partial charge in [0.1, 0.15) is 0 Å². The van der Waals surface area contributed by atoms with Crippen LogP contribution in [0.25, 0.3) is 0 Å². The third-order valence-electron chi connectivity index (χ3n) is 3.68. The highest BCUT2D eigenvalue weighted by Crippen LogP contribution is 2.23. The second-order valence-electron chi connectivity index (χ2n) is 5.48. The molecule has 4 heteroatoms. The fourth-order valence-electron chi connectivity index (χ4n) is 2.56. The van der Waals surface area contributed by atoms with Crippen molar-refractivity contribution in [1.82, 2.24) is 10.3 Å². The Morgan fingerprint density at radius 2 is 2.32 bits per heavy atom. The molecule has 1 aliphatic carbocycles. The topological polar surface area (TPSA) is 62.2 Å². The minimum atomic E-state index is -0.183. The molecule has 1 aromatic rings. The Bertz CT molecular complexity index is 417. The van der Waals surface area contributed by atoms with Gasteiger partial charge in [-0.15, -0.1) is 0 Å². The highest BCUT2D eigenvalue weighted by Gasteiger charge is 2.20. The lowest BCUT2D eigenvalue weighted by molar-refractivity contribution is -0.120. The molecule has 4 nitrogen and oxygen atoms in total. The third kappa shape index (κ3) is 4.63. The first-order chi connectivity index (χ1) is 9.13. The molecule has 0 bridgehead atoms. The lowest BCUT2D eigenvalue weighted by atomic mass is 9.87. The van der Waals surface area contributed by atoms with E-state index >= 15 is 0 Å². The molecule has 0 radical (unpaired) electrons. The van der Waals surface area contributed by atoms with Crippen LogP contribution < -0.4 is 5.32 Å². The van der Waals surface area contributed by atoms with Crippen LogP contribution in [0.15, 0.2) is 18.3 Å². The number of hydrogen-bond donors (Lipinski definition) is 2. The summed E-state index contributed by atoms with van der Waals surface area (Å²) in [6, 6.07) is 3.85. The largest absolute Gasteiger partial charge is 0.393 e. The average Bonchev–Trinajstić information content (AvgIpc) is 2.39. The first kappa shape index (κ1) is 14.0. The first-order valence-electron chi connectivity index (χ1n) is 7.00. The summed E-state index contributed by atoms with van der Waals surface area (Å²) in [5, 5.41) is 12.5. The van der Waals surface area contributed by atoms with Gasteiger partial charge in [0.05, 0.1) is 12.5 Å². The van der Waals surface area contributed by atoms with E-state index in [0.29, 0.717) is 18.9 Å². The van der Waals surface area contributed by atoms with Crippen molar-refractivity contribution in [2.45, 2.75) is 45.1 Å². The summed E-state index contributed by atoms with van der Waals surface area (Å²) in [5.74, 6) is 0.453. The summed E-state index contributed by atoms with van der Waals surface area (Å²) >= 11 is 0. The molecule has 0 aromatic carbocycles. The summed E-state index contributed by atoms with van der Waals surface area (Å²) < 4.78 is 0. The van der Waals surface area contributed by atoms with Crippen molar-refractivity contribution in [2.75, 3.05) is 6.54 Å². The third-order valence-corrected chi connectivity index (χ3v) is 3.68. The van der Waals surface area contributed by atoms with Crippen LogP contribution in [0.2, 0.25) is 0 Å². The summed E-state index contributed by atoms with van der Waals surface area (Å²) in [6.45, 7) is 2.60. The van der Waals surface area contributed by atoms with E-state index in [0.717, 1.165) is 36.9 Å². The van der Waals surface area contributed by atoms with E-state index in [1.54, 1.807) is 6.20 Å². The molecule has 2 N–H and O–H groups in total. The van der Waals surface area contributed by atoms with Crippen molar-refractivity contribution in [2.24, 2.45) is 5.92 Å². The molecule has 19 heavy (non-hydrogen) atoms. The van der Waals surface area contributed by atoms with Gasteiger partial charge in [-0.25, -0.2) is 0 Å². The summed E-state index contributed by atoms with van der Waals surface area (Å²) in [7, 11) is 0. The molecule has 1 aromatic heterocycles. The van der Waals surface area contributed by atoms with E-state index in [4.69, 9.17) is 0 Å². The smallest absolute Gasteiger partial charge is 0.224 e. The zero-order valence-corrected chi connectivity index (χ0v) is 11.4. The van der Waals surface area contributed by atoms with Crippen LogP contribution in [-0.2, 0) is 11.2 Å². The normalized spacial score (nSPS) is 23.1. The lowest BCUT2D eigenvalue weighted by Gasteiger charge is -2.25. The van der Waals surface area contributed by atoms with Gasteiger partial charge >= 0.3 is 0 Å². The van der Waals surface area contributed by atoms with Crippen LogP contribution in [0.1, 0.15) is 36.9 Å². The van der Waals surface area contributed by atoms with E-state index in [1.807, 2.05) is 19.1 Å². The minimum absolute atomic E-state index is 0.0331. The predicted octanol–water partition coefficient (Wildman–Crippen LogP) is 1.60. The van der Waals surface area contributed by atoms with E-state index < -0.39 is 0 Å². The lowest BCUT2D eigenvalue weighted by Crippen LogP contribution is -2.33. The quantitative estimate of drug-likeness (QED) is 0.866. The highest BCUT2D eigenvalue weighted by atomic mass is 16.3. The SMILES string of the molecule is Cc1ccc(CC(=O)NCC2CCCC(O)C2)cn1. The molecule has 1 saturated carbocycles. The maximum absolute atomic E-state index is 11.8. The molecule has 2 rings (SSSR count). The molecule has 1 fully saturated rings. The number of nitrogens with one attached hydrogen (secondary N) is 1. The fraction of sp³-hybridized carbons (Fsp3) is 0.600. The molecule has 0 saturated heterocycles. The first-order valence-corrected chi connectivity index (χ1v) is 7.00. The van der Waals surface area contributed by atoms with E-state index in [-0.39, 0.29) is 12.0 Å². The molecular formula is C15H22N2O2. The molecule has 2 atom stereocenters. The van der Waals surface area contributed by atoms with Gasteiger partial charge in [0, 0.05) is 18.4 Å². The van der Waals surface area contributed by atoms with Gasteiger partial charge in [-0.1, -0.05) is 12.5 Å². The van der Waals surface area contributed by atoms with Gasteiger partial charge in [0.2, 0.25) is 5.91 Å². The summed E-state index contributed by atoms with van der Waals surface area (Å²) in [6.07, 6.45) is 5.82.